The zero-order valence-corrected chi connectivity index (χ0v) is 33.2. The molecule has 0 unspecified atom stereocenters. The third kappa shape index (κ3) is 13.8. The number of Topliss-reactive ketones (excluding diaryl/α,β-unsaturated/α-hetero) is 1. The Morgan fingerprint density at radius 2 is 0.864 bits per heavy atom. The molecule has 320 valence electrons. The van der Waals surface area contributed by atoms with Gasteiger partial charge in [-0.05, 0) is 69.5 Å². The van der Waals surface area contributed by atoms with E-state index in [1.165, 1.54) is 34.8 Å². The molecule has 0 amide bonds. The molecule has 0 fully saturated rings. The lowest BCUT2D eigenvalue weighted by Gasteiger charge is -2.20. The Bertz CT molecular complexity index is 2060. The Labute approximate surface area is 338 Å². The number of aromatic carboxylic acids is 1. The van der Waals surface area contributed by atoms with Crippen LogP contribution in [0.2, 0.25) is 0 Å². The topological polar surface area (TPSA) is 290 Å². The Balaban J connectivity index is 1.60. The van der Waals surface area contributed by atoms with E-state index in [4.69, 9.17) is 23.7 Å². The molecule has 0 saturated carbocycles. The fourth-order valence-corrected chi connectivity index (χ4v) is 6.16. The molecule has 0 aliphatic rings. The molecule has 0 aromatic heterocycles. The summed E-state index contributed by atoms with van der Waals surface area (Å²) < 4.78 is 26.5. The predicted molar refractivity (Wildman–Crippen MR) is 204 cm³/mol. The molecule has 0 heterocycles. The van der Waals surface area contributed by atoms with E-state index in [0.717, 1.165) is 36.4 Å². The van der Waals surface area contributed by atoms with Crippen molar-refractivity contribution in [3.8, 4) is 34.5 Å². The fraction of sp³-hybridized carbons (Fsp3) is 0.415. The molecule has 18 nitrogen and oxygen atoms in total. The van der Waals surface area contributed by atoms with Crippen molar-refractivity contribution in [1.82, 2.24) is 0 Å². The van der Waals surface area contributed by atoms with Crippen LogP contribution >= 0.6 is 0 Å². The second-order valence-corrected chi connectivity index (χ2v) is 14.1. The lowest BCUT2D eigenvalue weighted by Crippen LogP contribution is -2.26. The summed E-state index contributed by atoms with van der Waals surface area (Å²) in [6.07, 6.45) is -6.27. The van der Waals surface area contributed by atoms with Gasteiger partial charge in [0.05, 0.1) is 18.9 Å². The maximum atomic E-state index is 13.2. The number of carbonyl (C=O) groups is 6. The monoisotopic (exact) mass is 828 g/mol. The summed E-state index contributed by atoms with van der Waals surface area (Å²) in [6, 6.07) is 6.03. The second-order valence-electron chi connectivity index (χ2n) is 14.1. The molecule has 5 atom stereocenters. The second kappa shape index (κ2) is 20.7. The number of carbonyl (C=O) groups excluding carboxylic acids is 5. The first-order valence-electron chi connectivity index (χ1n) is 18.3. The van der Waals surface area contributed by atoms with Gasteiger partial charge in [-0.25, -0.2) is 14.4 Å². The van der Waals surface area contributed by atoms with Crippen LogP contribution < -0.4 is 0 Å². The summed E-state index contributed by atoms with van der Waals surface area (Å²) in [5.74, 6) is -8.90. The number of ether oxygens (including phenoxy) is 5. The number of aromatic hydroxyl groups is 6. The zero-order valence-electron chi connectivity index (χ0n) is 33.2. The minimum atomic E-state index is -1.46. The van der Waals surface area contributed by atoms with Gasteiger partial charge in [0.15, 0.2) is 0 Å². The highest BCUT2D eigenvalue weighted by molar-refractivity contribution is 5.97. The molecule has 0 saturated heterocycles. The van der Waals surface area contributed by atoms with E-state index in [2.05, 4.69) is 0 Å². The van der Waals surface area contributed by atoms with Gasteiger partial charge in [-0.3, -0.25) is 14.4 Å². The molecular weight excluding hydrogens is 780 g/mol. The average Bonchev–Trinajstić information content (AvgIpc) is 3.06. The molecular formula is C41H48O18. The molecule has 59 heavy (non-hydrogen) atoms. The van der Waals surface area contributed by atoms with E-state index in [-0.39, 0.29) is 53.7 Å². The van der Waals surface area contributed by atoms with E-state index < -0.39 is 119 Å². The first kappa shape index (κ1) is 46.8. The normalized spacial score (nSPS) is 13.6. The van der Waals surface area contributed by atoms with E-state index in [1.807, 2.05) is 0 Å². The molecule has 7 N–H and O–H groups in total. The third-order valence-corrected chi connectivity index (χ3v) is 8.68. The van der Waals surface area contributed by atoms with Crippen molar-refractivity contribution in [1.29, 1.82) is 0 Å². The first-order valence-corrected chi connectivity index (χ1v) is 18.3. The zero-order chi connectivity index (χ0) is 44.3. The number of hydrogen-bond donors (Lipinski definition) is 7. The number of benzene rings is 3. The quantitative estimate of drug-likeness (QED) is 0.0614. The van der Waals surface area contributed by atoms with E-state index >= 15 is 0 Å². The number of phenols is 6. The summed E-state index contributed by atoms with van der Waals surface area (Å²) in [4.78, 5) is 75.9. The molecule has 0 radical (unpaired) electrons. The lowest BCUT2D eigenvalue weighted by molar-refractivity contribution is -0.151. The van der Waals surface area contributed by atoms with Crippen LogP contribution in [0.4, 0.5) is 0 Å². The van der Waals surface area contributed by atoms with Crippen LogP contribution in [0.15, 0.2) is 36.4 Å². The van der Waals surface area contributed by atoms with Gasteiger partial charge in [-0.1, -0.05) is 0 Å². The number of carboxylic acid groups (broad SMARTS) is 1. The maximum absolute atomic E-state index is 13.2. The van der Waals surface area contributed by atoms with Gasteiger partial charge in [0, 0.05) is 51.0 Å². The fourth-order valence-electron chi connectivity index (χ4n) is 6.16. The summed E-state index contributed by atoms with van der Waals surface area (Å²) in [7, 11) is 1.43. The number of phenolic OH excluding ortho intramolecular Hbond substituents is 5. The summed E-state index contributed by atoms with van der Waals surface area (Å²) in [5, 5.41) is 70.3. The van der Waals surface area contributed by atoms with Crippen molar-refractivity contribution in [2.45, 2.75) is 104 Å². The van der Waals surface area contributed by atoms with E-state index in [0.29, 0.717) is 0 Å². The Morgan fingerprint density at radius 1 is 0.492 bits per heavy atom. The van der Waals surface area contributed by atoms with Crippen molar-refractivity contribution >= 4 is 35.6 Å². The van der Waals surface area contributed by atoms with Crippen molar-refractivity contribution in [2.24, 2.45) is 0 Å². The highest BCUT2D eigenvalue weighted by atomic mass is 16.6. The average molecular weight is 829 g/mol. The minimum absolute atomic E-state index is 0.000601. The number of rotatable bonds is 20. The summed E-state index contributed by atoms with van der Waals surface area (Å²) in [6.45, 7) is 7.30. The van der Waals surface area contributed by atoms with Gasteiger partial charge < -0.3 is 59.4 Å². The van der Waals surface area contributed by atoms with E-state index in [9.17, 15) is 64.5 Å². The highest BCUT2D eigenvalue weighted by Crippen LogP contribution is 2.32. The molecule has 18 heteroatoms. The van der Waals surface area contributed by atoms with Gasteiger partial charge in [0.1, 0.15) is 81.4 Å². The molecule has 0 spiro atoms. The molecule has 0 aliphatic carbocycles. The van der Waals surface area contributed by atoms with Gasteiger partial charge in [0.2, 0.25) is 0 Å². The minimum Gasteiger partial charge on any atom is -0.508 e. The number of carboxylic acids is 1. The van der Waals surface area contributed by atoms with Gasteiger partial charge in [0.25, 0.3) is 0 Å². The Hall–Kier alpha value is -6.56. The molecule has 3 aromatic carbocycles. The number of hydrogen-bond acceptors (Lipinski definition) is 17. The van der Waals surface area contributed by atoms with Crippen LogP contribution in [0, 0.1) is 0 Å². The molecule has 3 rings (SSSR count). The van der Waals surface area contributed by atoms with Crippen LogP contribution in [-0.4, -0.2) is 109 Å². The standard InChI is InChI=1S/C41H48O18/c1-19(55-6)9-27(42)14-26-15-30(45)18-33(48)38(26)41(54)59-23(5)11-35(50)57-21(3)8-25-13-29(44)17-32(47)37(25)40(53)58-22(4)10-34(49)56-20(2)7-24-12-28(43)16-31(46)36(24)39(51)52/h12-13,15-23,43-48H,7-11,14H2,1-6H3,(H,51,52)/t19-,20-,21-,22-,23-/m1/s1. The molecule has 0 bridgehead atoms. The largest absolute Gasteiger partial charge is 0.508 e. The van der Waals surface area contributed by atoms with Crippen molar-refractivity contribution in [3.05, 3.63) is 69.8 Å². The maximum Gasteiger partial charge on any atom is 0.342 e. The van der Waals surface area contributed by atoms with Gasteiger partial charge in [-0.2, -0.15) is 0 Å². The van der Waals surface area contributed by atoms with Gasteiger partial charge >= 0.3 is 29.8 Å². The SMILES string of the molecule is CO[C@H](C)CC(=O)Cc1cc(O)cc(O)c1C(=O)O[C@H](C)CC(=O)O[C@H](C)Cc1cc(O)cc(O)c1C(=O)O[C@H](C)CC(=O)O[C@H](C)Cc1cc(O)cc(O)c1C(=O)O. The smallest absolute Gasteiger partial charge is 0.342 e. The van der Waals surface area contributed by atoms with Crippen LogP contribution in [0.1, 0.15) is 102 Å². The molecule has 3 aromatic rings. The lowest BCUT2D eigenvalue weighted by atomic mass is 9.98. The summed E-state index contributed by atoms with van der Waals surface area (Å²) in [5.41, 5.74) is -1.24. The Morgan fingerprint density at radius 3 is 1.27 bits per heavy atom. The third-order valence-electron chi connectivity index (χ3n) is 8.68. The molecule has 0 aliphatic heterocycles. The Kier molecular flexibility index (Phi) is 16.5. The van der Waals surface area contributed by atoms with Crippen LogP contribution in [-0.2, 0) is 57.3 Å². The first-order chi connectivity index (χ1) is 27.6. The predicted octanol–water partition coefficient (Wildman–Crippen LogP) is 4.37. The summed E-state index contributed by atoms with van der Waals surface area (Å²) >= 11 is 0. The highest BCUT2D eigenvalue weighted by Gasteiger charge is 2.28. The van der Waals surface area contributed by atoms with Crippen molar-refractivity contribution < 1.29 is 88.2 Å². The number of methoxy groups -OCH3 is 1. The van der Waals surface area contributed by atoms with Crippen molar-refractivity contribution in [3.63, 3.8) is 0 Å². The number of ketones is 1. The van der Waals surface area contributed by atoms with Crippen LogP contribution in [0.5, 0.6) is 34.5 Å². The van der Waals surface area contributed by atoms with E-state index in [1.54, 1.807) is 6.92 Å². The van der Waals surface area contributed by atoms with Crippen LogP contribution in [0.3, 0.4) is 0 Å². The van der Waals surface area contributed by atoms with Gasteiger partial charge in [-0.15, -0.1) is 0 Å². The van der Waals surface area contributed by atoms with Crippen molar-refractivity contribution in [2.75, 3.05) is 7.11 Å². The number of esters is 4. The van der Waals surface area contributed by atoms with Crippen LogP contribution in [0.25, 0.3) is 0 Å².